The molecule has 1 aromatic heterocycles. The second kappa shape index (κ2) is 6.72. The molecule has 20 heavy (non-hydrogen) atoms. The summed E-state index contributed by atoms with van der Waals surface area (Å²) in [6.07, 6.45) is 3.41. The van der Waals surface area contributed by atoms with Crippen LogP contribution in [0.2, 0.25) is 0 Å². The van der Waals surface area contributed by atoms with Gasteiger partial charge in [0.1, 0.15) is 6.54 Å². The minimum Gasteiger partial charge on any atom is -0.382 e. The summed E-state index contributed by atoms with van der Waals surface area (Å²) in [5.41, 5.74) is 7.07. The normalized spacial score (nSPS) is 12.1. The van der Waals surface area contributed by atoms with Crippen LogP contribution < -0.4 is 11.1 Å². The summed E-state index contributed by atoms with van der Waals surface area (Å²) in [5, 5.41) is 7.41. The maximum Gasteiger partial charge on any atom is 0.239 e. The maximum atomic E-state index is 10.8. The van der Waals surface area contributed by atoms with Crippen LogP contribution in [0, 0.1) is 0 Å². The number of carbonyl (C=O) groups is 1. The van der Waals surface area contributed by atoms with Crippen LogP contribution in [0.3, 0.4) is 0 Å². The molecule has 3 N–H and O–H groups in total. The van der Waals surface area contributed by atoms with Gasteiger partial charge in [-0.25, -0.2) is 0 Å². The van der Waals surface area contributed by atoms with E-state index in [0.717, 1.165) is 11.3 Å². The number of nitrogens with two attached hydrogens (primary N) is 1. The summed E-state index contributed by atoms with van der Waals surface area (Å²) >= 11 is 0. The molecule has 2 aromatic rings. The molecule has 1 unspecified atom stereocenters. The predicted octanol–water partition coefficient (Wildman–Crippen LogP) is 1.17. The molecule has 1 heterocycles. The van der Waals surface area contributed by atoms with Gasteiger partial charge in [-0.05, 0) is 5.56 Å². The van der Waals surface area contributed by atoms with Crippen molar-refractivity contribution in [2.75, 3.05) is 19.0 Å². The Morgan fingerprint density at radius 3 is 2.85 bits per heavy atom. The Bertz CT molecular complexity index is 553. The Hall–Kier alpha value is -2.34. The molecule has 0 aliphatic heterocycles. The molecule has 0 saturated carbocycles. The number of nitrogens with one attached hydrogen (secondary N) is 1. The summed E-state index contributed by atoms with van der Waals surface area (Å²) < 4.78 is 6.74. The summed E-state index contributed by atoms with van der Waals surface area (Å²) in [5.74, 6) is -0.420. The SMILES string of the molecule is COCC(Nc1cnn(CC(N)=O)c1)c1ccccc1. The molecule has 6 heteroatoms. The van der Waals surface area contributed by atoms with Gasteiger partial charge in [-0.3, -0.25) is 9.48 Å². The van der Waals surface area contributed by atoms with Gasteiger partial charge in [0.2, 0.25) is 5.91 Å². The van der Waals surface area contributed by atoms with Crippen molar-refractivity contribution in [2.24, 2.45) is 5.73 Å². The van der Waals surface area contributed by atoms with Gasteiger partial charge in [0.15, 0.2) is 0 Å². The fraction of sp³-hybridized carbons (Fsp3) is 0.286. The van der Waals surface area contributed by atoms with Crippen molar-refractivity contribution < 1.29 is 9.53 Å². The number of ether oxygens (including phenoxy) is 1. The average Bonchev–Trinajstić information content (AvgIpc) is 2.86. The largest absolute Gasteiger partial charge is 0.382 e. The number of aromatic nitrogens is 2. The van der Waals surface area contributed by atoms with Crippen molar-refractivity contribution in [1.29, 1.82) is 0 Å². The number of rotatable bonds is 7. The molecule has 106 valence electrons. The van der Waals surface area contributed by atoms with Gasteiger partial charge in [-0.2, -0.15) is 5.10 Å². The predicted molar refractivity (Wildman–Crippen MR) is 76.1 cm³/mol. The van der Waals surface area contributed by atoms with Crippen molar-refractivity contribution >= 4 is 11.6 Å². The highest BCUT2D eigenvalue weighted by Gasteiger charge is 2.12. The van der Waals surface area contributed by atoms with Crippen LogP contribution in [0.15, 0.2) is 42.7 Å². The van der Waals surface area contributed by atoms with Crippen LogP contribution >= 0.6 is 0 Å². The third kappa shape index (κ3) is 3.83. The van der Waals surface area contributed by atoms with E-state index in [2.05, 4.69) is 10.4 Å². The minimum atomic E-state index is -0.420. The molecule has 0 fully saturated rings. The molecule has 0 radical (unpaired) electrons. The van der Waals surface area contributed by atoms with Crippen molar-refractivity contribution in [2.45, 2.75) is 12.6 Å². The van der Waals surface area contributed by atoms with E-state index >= 15 is 0 Å². The van der Waals surface area contributed by atoms with E-state index in [1.54, 1.807) is 19.5 Å². The third-order valence-corrected chi connectivity index (χ3v) is 2.83. The monoisotopic (exact) mass is 274 g/mol. The van der Waals surface area contributed by atoms with Gasteiger partial charge in [-0.1, -0.05) is 30.3 Å². The summed E-state index contributed by atoms with van der Waals surface area (Å²) in [6.45, 7) is 0.604. The zero-order valence-electron chi connectivity index (χ0n) is 11.3. The van der Waals surface area contributed by atoms with Crippen LogP contribution in [0.4, 0.5) is 5.69 Å². The van der Waals surface area contributed by atoms with Crippen molar-refractivity contribution in [1.82, 2.24) is 9.78 Å². The van der Waals surface area contributed by atoms with Crippen LogP contribution in [-0.4, -0.2) is 29.4 Å². The third-order valence-electron chi connectivity index (χ3n) is 2.83. The van der Waals surface area contributed by atoms with Gasteiger partial charge in [0, 0.05) is 13.3 Å². The average molecular weight is 274 g/mol. The number of hydrogen-bond donors (Lipinski definition) is 2. The Kier molecular flexibility index (Phi) is 4.73. The van der Waals surface area contributed by atoms with Gasteiger partial charge in [0.25, 0.3) is 0 Å². The number of nitrogens with zero attached hydrogens (tertiary/aromatic N) is 2. The van der Waals surface area contributed by atoms with Crippen LogP contribution in [-0.2, 0) is 16.1 Å². The molecule has 0 aliphatic carbocycles. The molecular weight excluding hydrogens is 256 g/mol. The minimum absolute atomic E-state index is 0.0208. The zero-order chi connectivity index (χ0) is 14.4. The van der Waals surface area contributed by atoms with Crippen LogP contribution in [0.1, 0.15) is 11.6 Å². The summed E-state index contributed by atoms with van der Waals surface area (Å²) in [6, 6.07) is 10.0. The topological polar surface area (TPSA) is 82.2 Å². The zero-order valence-corrected chi connectivity index (χ0v) is 11.3. The first-order valence-corrected chi connectivity index (χ1v) is 6.30. The quantitative estimate of drug-likeness (QED) is 0.794. The van der Waals surface area contributed by atoms with Gasteiger partial charge >= 0.3 is 0 Å². The molecule has 6 nitrogen and oxygen atoms in total. The second-order valence-electron chi connectivity index (χ2n) is 4.46. The standard InChI is InChI=1S/C14H18N4O2/c1-20-10-13(11-5-3-2-4-6-11)17-12-7-16-18(8-12)9-14(15)19/h2-8,13,17H,9-10H2,1H3,(H2,15,19). The van der Waals surface area contributed by atoms with Crippen LogP contribution in [0.5, 0.6) is 0 Å². The summed E-state index contributed by atoms with van der Waals surface area (Å²) in [4.78, 5) is 10.8. The Balaban J connectivity index is 2.08. The maximum absolute atomic E-state index is 10.8. The molecular formula is C14H18N4O2. The number of benzene rings is 1. The van der Waals surface area contributed by atoms with E-state index in [-0.39, 0.29) is 12.6 Å². The Labute approximate surface area is 117 Å². The van der Waals surface area contributed by atoms with Crippen LogP contribution in [0.25, 0.3) is 0 Å². The van der Waals surface area contributed by atoms with E-state index in [9.17, 15) is 4.79 Å². The molecule has 1 aromatic carbocycles. The number of methoxy groups -OCH3 is 1. The van der Waals surface area contributed by atoms with Crippen molar-refractivity contribution in [3.05, 3.63) is 48.3 Å². The molecule has 0 saturated heterocycles. The molecule has 1 amide bonds. The Morgan fingerprint density at radius 2 is 2.20 bits per heavy atom. The fourth-order valence-electron chi connectivity index (χ4n) is 1.96. The lowest BCUT2D eigenvalue weighted by Crippen LogP contribution is -2.19. The lowest BCUT2D eigenvalue weighted by molar-refractivity contribution is -0.118. The van der Waals surface area contributed by atoms with Gasteiger partial charge in [-0.15, -0.1) is 0 Å². The number of primary amides is 1. The Morgan fingerprint density at radius 1 is 1.45 bits per heavy atom. The molecule has 0 bridgehead atoms. The van der Waals surface area contributed by atoms with Crippen molar-refractivity contribution in [3.63, 3.8) is 0 Å². The van der Waals surface area contributed by atoms with Gasteiger partial charge in [0.05, 0.1) is 24.5 Å². The van der Waals surface area contributed by atoms with Gasteiger partial charge < -0.3 is 15.8 Å². The number of anilines is 1. The molecule has 2 rings (SSSR count). The second-order valence-corrected chi connectivity index (χ2v) is 4.46. The first-order chi connectivity index (χ1) is 9.69. The highest BCUT2D eigenvalue weighted by Crippen LogP contribution is 2.19. The van der Waals surface area contributed by atoms with E-state index < -0.39 is 5.91 Å². The highest BCUT2D eigenvalue weighted by molar-refractivity contribution is 5.73. The fourth-order valence-corrected chi connectivity index (χ4v) is 1.96. The first-order valence-electron chi connectivity index (χ1n) is 6.30. The van der Waals surface area contributed by atoms with E-state index in [1.807, 2.05) is 30.3 Å². The van der Waals surface area contributed by atoms with Crippen molar-refractivity contribution in [3.8, 4) is 0 Å². The number of amides is 1. The van der Waals surface area contributed by atoms with E-state index in [4.69, 9.17) is 10.5 Å². The lowest BCUT2D eigenvalue weighted by Gasteiger charge is -2.18. The molecule has 0 spiro atoms. The molecule has 0 aliphatic rings. The van der Waals surface area contributed by atoms with E-state index in [1.165, 1.54) is 4.68 Å². The number of hydrogen-bond acceptors (Lipinski definition) is 4. The first kappa shape index (κ1) is 14.1. The van der Waals surface area contributed by atoms with E-state index in [0.29, 0.717) is 6.61 Å². The highest BCUT2D eigenvalue weighted by atomic mass is 16.5. The summed E-state index contributed by atoms with van der Waals surface area (Å²) in [7, 11) is 1.66. The smallest absolute Gasteiger partial charge is 0.239 e. The molecule has 1 atom stereocenters. The lowest BCUT2D eigenvalue weighted by atomic mass is 10.1. The number of carbonyl (C=O) groups excluding carboxylic acids is 1.